The van der Waals surface area contributed by atoms with Gasteiger partial charge in [0.2, 0.25) is 0 Å². The van der Waals surface area contributed by atoms with E-state index in [1.54, 1.807) is 18.2 Å². The van der Waals surface area contributed by atoms with Crippen LogP contribution in [0.3, 0.4) is 0 Å². The maximum atomic E-state index is 11.0. The van der Waals surface area contributed by atoms with Crippen LogP contribution in [0.25, 0.3) is 10.8 Å². The maximum Gasteiger partial charge on any atom is 0.338 e. The van der Waals surface area contributed by atoms with E-state index >= 15 is 0 Å². The van der Waals surface area contributed by atoms with Crippen LogP contribution in [0.5, 0.6) is 0 Å². The number of methoxy groups -OCH3 is 3. The van der Waals surface area contributed by atoms with Gasteiger partial charge in [0.05, 0.1) is 38.0 Å². The number of aromatic nitrogens is 3. The number of hydrogen-bond donors (Lipinski definition) is 1. The molecule has 0 aliphatic heterocycles. The molecule has 0 aliphatic carbocycles. The van der Waals surface area contributed by atoms with E-state index in [0.29, 0.717) is 28.3 Å². The molecule has 1 unspecified atom stereocenters. The zero-order valence-corrected chi connectivity index (χ0v) is 30.4. The first kappa shape index (κ1) is 36.7. The first-order chi connectivity index (χ1) is 16.2. The fourth-order valence-corrected chi connectivity index (χ4v) is 2.24. The monoisotopic (exact) mass is 940 g/mol. The van der Waals surface area contributed by atoms with Gasteiger partial charge in [-0.3, -0.25) is 0 Å². The summed E-state index contributed by atoms with van der Waals surface area (Å²) in [7, 11) is 6.12. The quantitative estimate of drug-likeness (QED) is 0.231. The predicted octanol–water partition coefficient (Wildman–Crippen LogP) is 3.67. The molecule has 0 spiro atoms. The number of ether oxygens (including phenoxy) is 3. The summed E-state index contributed by atoms with van der Waals surface area (Å²) in [4.78, 5) is 43.9. The first-order valence-electron chi connectivity index (χ1n) is 9.26. The van der Waals surface area contributed by atoms with Gasteiger partial charge in [-0.1, -0.05) is 36.2 Å². The SMILES string of the molecule is COC(=O)c1ccnc(N)c1.COC(=O)c1ccnc([N-]P)c1.COC(=O)c1ccnc([NH-])c1.[Ac].[Ac]. The molecule has 15 heteroatoms. The van der Waals surface area contributed by atoms with Gasteiger partial charge in [-0.15, -0.1) is 9.39 Å². The van der Waals surface area contributed by atoms with Crippen molar-refractivity contribution in [2.45, 2.75) is 0 Å². The van der Waals surface area contributed by atoms with Gasteiger partial charge in [0.25, 0.3) is 0 Å². The zero-order chi connectivity index (χ0) is 25.5. The van der Waals surface area contributed by atoms with Gasteiger partial charge < -0.3 is 40.7 Å². The van der Waals surface area contributed by atoms with Crippen molar-refractivity contribution in [3.05, 3.63) is 82.5 Å². The number of carbonyl (C=O) groups is 3. The largest absolute Gasteiger partial charge is 0.482 e. The van der Waals surface area contributed by atoms with Crippen LogP contribution in [-0.4, -0.2) is 54.2 Å². The van der Waals surface area contributed by atoms with Gasteiger partial charge in [0, 0.05) is 94.3 Å². The Balaban J connectivity index is 0. The topological polar surface area (TPSA) is 181 Å². The third-order valence-corrected chi connectivity index (χ3v) is 3.95. The Morgan fingerprint density at radius 1 is 0.778 bits per heavy atom. The molecule has 0 fully saturated rings. The number of nitrogens with two attached hydrogens (primary N) is 1. The van der Waals surface area contributed by atoms with Crippen LogP contribution in [0.4, 0.5) is 17.5 Å². The van der Waals surface area contributed by atoms with Crippen molar-refractivity contribution in [2.24, 2.45) is 0 Å². The van der Waals surface area contributed by atoms with E-state index in [2.05, 4.69) is 43.6 Å². The Bertz CT molecular complexity index is 1070. The Morgan fingerprint density at radius 2 is 1.19 bits per heavy atom. The van der Waals surface area contributed by atoms with E-state index < -0.39 is 11.9 Å². The Hall–Kier alpha value is -1.43. The van der Waals surface area contributed by atoms with Crippen molar-refractivity contribution in [1.29, 1.82) is 0 Å². The number of esters is 3. The second kappa shape index (κ2) is 20.6. The van der Waals surface area contributed by atoms with Crippen LogP contribution in [0.15, 0.2) is 55.0 Å². The molecule has 1 atom stereocenters. The molecule has 0 bridgehead atoms. The first-order valence-corrected chi connectivity index (χ1v) is 9.78. The van der Waals surface area contributed by atoms with Crippen LogP contribution < -0.4 is 5.73 Å². The number of pyridine rings is 3. The van der Waals surface area contributed by atoms with Gasteiger partial charge >= 0.3 is 17.9 Å². The average molecular weight is 940 g/mol. The second-order valence-electron chi connectivity index (χ2n) is 5.91. The number of hydrogen-bond acceptors (Lipinski definition) is 10. The fourth-order valence-electron chi connectivity index (χ4n) is 2.10. The Labute approximate surface area is 282 Å². The summed E-state index contributed by atoms with van der Waals surface area (Å²) in [5, 5.41) is 3.75. The van der Waals surface area contributed by atoms with Crippen molar-refractivity contribution in [3.63, 3.8) is 0 Å². The fraction of sp³-hybridized carbons (Fsp3) is 0.143. The van der Waals surface area contributed by atoms with Crippen molar-refractivity contribution in [2.75, 3.05) is 27.1 Å². The van der Waals surface area contributed by atoms with Gasteiger partial charge in [-0.25, -0.2) is 19.4 Å². The predicted molar refractivity (Wildman–Crippen MR) is 128 cm³/mol. The average Bonchev–Trinajstić information content (AvgIpc) is 2.88. The standard InChI is InChI=1S/C7H8N2O2P.C7H8N2O2.C7H7N2O2.2Ac/c1-11-7(10)5-2-3-8-6(4-5)9-12;2*1-11-7(10)5-2-3-9-6(8)4-5;;/h2-4H,12H2,1H3;2-4H,1H3,(H2,8,9);2-4H,1H3,(H-,8,9);;/q-1;;-1;;. The summed E-state index contributed by atoms with van der Waals surface area (Å²) >= 11 is 0. The number of nitrogens with zero attached hydrogens (tertiary/aromatic N) is 4. The molecule has 0 aliphatic rings. The summed E-state index contributed by atoms with van der Waals surface area (Å²) in [5.41, 5.74) is 13.6. The molecular formula is C21H23Ac2N6O6P-2. The molecule has 36 heavy (non-hydrogen) atoms. The van der Waals surface area contributed by atoms with Crippen LogP contribution in [0.2, 0.25) is 0 Å². The minimum atomic E-state index is -0.444. The van der Waals surface area contributed by atoms with Crippen LogP contribution in [0, 0.1) is 88.1 Å². The summed E-state index contributed by atoms with van der Waals surface area (Å²) in [6, 6.07) is 8.99. The van der Waals surface area contributed by atoms with Crippen LogP contribution in [0.1, 0.15) is 31.1 Å². The minimum absolute atomic E-state index is 0. The molecule has 0 saturated heterocycles. The molecule has 3 rings (SSSR count). The molecule has 2 radical (unpaired) electrons. The van der Waals surface area contributed by atoms with Gasteiger partial charge in [-0.05, 0) is 24.3 Å². The van der Waals surface area contributed by atoms with E-state index in [-0.39, 0.29) is 99.9 Å². The number of carbonyl (C=O) groups excluding carboxylic acids is 3. The van der Waals surface area contributed by atoms with Gasteiger partial charge in [-0.2, -0.15) is 0 Å². The third-order valence-electron chi connectivity index (χ3n) is 3.68. The van der Waals surface area contributed by atoms with E-state index in [9.17, 15) is 14.4 Å². The molecule has 0 saturated carbocycles. The molecule has 0 aromatic carbocycles. The van der Waals surface area contributed by atoms with Crippen molar-refractivity contribution < 1.29 is 117 Å². The molecule has 12 nitrogen and oxygen atoms in total. The van der Waals surface area contributed by atoms with E-state index in [1.165, 1.54) is 58.1 Å². The summed E-state index contributed by atoms with van der Waals surface area (Å²) in [6.07, 6.45) is 4.37. The normalized spacial score (nSPS) is 8.67. The second-order valence-corrected chi connectivity index (χ2v) is 6.16. The summed E-state index contributed by atoms with van der Waals surface area (Å²) < 4.78 is 13.4. The third kappa shape index (κ3) is 13.8. The summed E-state index contributed by atoms with van der Waals surface area (Å²) in [6.45, 7) is 0. The molecule has 0 amide bonds. The molecule has 3 heterocycles. The smallest absolute Gasteiger partial charge is 0.338 e. The van der Waals surface area contributed by atoms with Crippen molar-refractivity contribution in [1.82, 2.24) is 15.0 Å². The van der Waals surface area contributed by atoms with Gasteiger partial charge in [0.15, 0.2) is 0 Å². The number of nitrogens with one attached hydrogen (secondary N) is 1. The number of nitrogen functional groups attached to an aromatic ring is 1. The van der Waals surface area contributed by atoms with Crippen LogP contribution >= 0.6 is 9.39 Å². The van der Waals surface area contributed by atoms with Crippen molar-refractivity contribution >= 4 is 44.8 Å². The number of rotatable bonds is 4. The van der Waals surface area contributed by atoms with E-state index in [4.69, 9.17) is 11.5 Å². The van der Waals surface area contributed by atoms with Crippen LogP contribution in [-0.2, 0) is 14.2 Å². The molecule has 3 aromatic rings. The molecular weight excluding hydrogens is 917 g/mol. The van der Waals surface area contributed by atoms with Gasteiger partial charge in [0.1, 0.15) is 5.82 Å². The minimum Gasteiger partial charge on any atom is -0.482 e. The Kier molecular flexibility index (Phi) is 21.0. The van der Waals surface area contributed by atoms with Crippen molar-refractivity contribution in [3.8, 4) is 0 Å². The summed E-state index contributed by atoms with van der Waals surface area (Å²) in [5.74, 6) is -0.365. The maximum absolute atomic E-state index is 11.0. The number of anilines is 1. The van der Waals surface area contributed by atoms with E-state index in [0.717, 1.165) is 0 Å². The molecule has 3 N–H and O–H groups in total. The molecule has 186 valence electrons. The Morgan fingerprint density at radius 3 is 1.61 bits per heavy atom. The molecule has 3 aromatic heterocycles. The van der Waals surface area contributed by atoms with E-state index in [1.807, 2.05) is 0 Å². The zero-order valence-electron chi connectivity index (χ0n) is 19.7.